The number of methoxy groups -OCH3 is 2. The Bertz CT molecular complexity index is 1300. The number of aromatic nitrogens is 4. The third-order valence-corrected chi connectivity index (χ3v) is 4.84. The van der Waals surface area contributed by atoms with Gasteiger partial charge < -0.3 is 24.8 Å². The van der Waals surface area contributed by atoms with Crippen molar-refractivity contribution in [3.8, 4) is 28.9 Å². The molecule has 2 heterocycles. The summed E-state index contributed by atoms with van der Waals surface area (Å²) in [6.07, 6.45) is 1.42. The molecule has 0 fully saturated rings. The van der Waals surface area contributed by atoms with E-state index in [1.54, 1.807) is 53.2 Å². The van der Waals surface area contributed by atoms with Crippen molar-refractivity contribution in [1.29, 1.82) is 0 Å². The van der Waals surface area contributed by atoms with Crippen LogP contribution in [0.1, 0.15) is 11.4 Å². The van der Waals surface area contributed by atoms with E-state index in [2.05, 4.69) is 25.7 Å². The van der Waals surface area contributed by atoms with Crippen LogP contribution in [0.3, 0.4) is 0 Å². The van der Waals surface area contributed by atoms with Crippen molar-refractivity contribution in [2.45, 2.75) is 13.8 Å². The molecule has 2 amide bonds. The van der Waals surface area contributed by atoms with Crippen LogP contribution in [-0.4, -0.2) is 40.0 Å². The maximum atomic E-state index is 12.5. The number of nitrogens with one attached hydrogen (secondary N) is 2. The number of urea groups is 1. The highest BCUT2D eigenvalue weighted by molar-refractivity contribution is 6.01. The summed E-state index contributed by atoms with van der Waals surface area (Å²) in [4.78, 5) is 20.9. The summed E-state index contributed by atoms with van der Waals surface area (Å²) >= 11 is 0. The zero-order valence-electron chi connectivity index (χ0n) is 19.2. The molecule has 0 radical (unpaired) electrons. The van der Waals surface area contributed by atoms with Gasteiger partial charge in [0.15, 0.2) is 17.3 Å². The summed E-state index contributed by atoms with van der Waals surface area (Å²) in [6, 6.07) is 15.4. The van der Waals surface area contributed by atoms with Crippen LogP contribution < -0.4 is 24.8 Å². The van der Waals surface area contributed by atoms with Crippen molar-refractivity contribution in [2.24, 2.45) is 0 Å². The molecule has 4 aromatic rings. The molecule has 0 unspecified atom stereocenters. The van der Waals surface area contributed by atoms with Crippen LogP contribution in [0.4, 0.5) is 16.2 Å². The van der Waals surface area contributed by atoms with Gasteiger partial charge >= 0.3 is 6.03 Å². The Hall–Kier alpha value is -4.60. The number of hydrogen-bond acceptors (Lipinski definition) is 7. The maximum Gasteiger partial charge on any atom is 0.323 e. The molecule has 0 aliphatic heterocycles. The molecule has 10 nitrogen and oxygen atoms in total. The minimum atomic E-state index is -0.425. The third-order valence-electron chi connectivity index (χ3n) is 4.84. The Morgan fingerprint density at radius 2 is 1.74 bits per heavy atom. The second-order valence-electron chi connectivity index (χ2n) is 7.30. The van der Waals surface area contributed by atoms with Crippen LogP contribution in [0.25, 0.3) is 5.82 Å². The number of carbonyl (C=O) groups is 1. The first-order valence-corrected chi connectivity index (χ1v) is 10.4. The van der Waals surface area contributed by atoms with E-state index in [4.69, 9.17) is 14.2 Å². The fourth-order valence-electron chi connectivity index (χ4n) is 3.36. The Balaban J connectivity index is 1.41. The molecule has 2 aromatic heterocycles. The Morgan fingerprint density at radius 3 is 2.41 bits per heavy atom. The monoisotopic (exact) mass is 460 g/mol. The number of carbonyl (C=O) groups excluding carboxylic acids is 1. The van der Waals surface area contributed by atoms with Gasteiger partial charge in [0, 0.05) is 17.4 Å². The number of aryl methyl sites for hydroxylation is 2. The number of nitrogens with zero attached hydrogens (tertiary/aromatic N) is 4. The Morgan fingerprint density at radius 1 is 0.941 bits per heavy atom. The van der Waals surface area contributed by atoms with Crippen LogP contribution in [0.2, 0.25) is 0 Å². The van der Waals surface area contributed by atoms with Crippen molar-refractivity contribution in [2.75, 3.05) is 24.9 Å². The lowest BCUT2D eigenvalue weighted by Crippen LogP contribution is -2.19. The molecule has 174 valence electrons. The maximum absolute atomic E-state index is 12.5. The zero-order chi connectivity index (χ0) is 24.1. The Labute approximate surface area is 196 Å². The first-order valence-electron chi connectivity index (χ1n) is 10.4. The number of amides is 2. The zero-order valence-corrected chi connectivity index (χ0v) is 19.2. The lowest BCUT2D eigenvalue weighted by atomic mass is 10.2. The van der Waals surface area contributed by atoms with Crippen LogP contribution in [0, 0.1) is 13.8 Å². The highest BCUT2D eigenvalue weighted by atomic mass is 16.5. The van der Waals surface area contributed by atoms with Gasteiger partial charge in [0.2, 0.25) is 5.88 Å². The molecule has 10 heteroatoms. The summed E-state index contributed by atoms with van der Waals surface area (Å²) in [5.41, 5.74) is 2.93. The van der Waals surface area contributed by atoms with Crippen molar-refractivity contribution >= 4 is 17.4 Å². The van der Waals surface area contributed by atoms with Gasteiger partial charge in [-0.15, -0.1) is 0 Å². The van der Waals surface area contributed by atoms with E-state index < -0.39 is 6.03 Å². The van der Waals surface area contributed by atoms with E-state index >= 15 is 0 Å². The molecule has 0 atom stereocenters. The number of benzene rings is 2. The first-order chi connectivity index (χ1) is 16.5. The average Bonchev–Trinajstić information content (AvgIpc) is 3.18. The van der Waals surface area contributed by atoms with Gasteiger partial charge in [0.1, 0.15) is 12.1 Å². The summed E-state index contributed by atoms with van der Waals surface area (Å²) < 4.78 is 18.2. The number of anilines is 2. The molecule has 0 spiro atoms. The first kappa shape index (κ1) is 22.6. The predicted molar refractivity (Wildman–Crippen MR) is 127 cm³/mol. The highest BCUT2D eigenvalue weighted by Gasteiger charge is 2.13. The second kappa shape index (κ2) is 9.90. The normalized spacial score (nSPS) is 10.5. The van der Waals surface area contributed by atoms with Crippen molar-refractivity contribution < 1.29 is 19.0 Å². The lowest BCUT2D eigenvalue weighted by Gasteiger charge is -2.14. The van der Waals surface area contributed by atoms with Crippen LogP contribution >= 0.6 is 0 Å². The largest absolute Gasteiger partial charge is 0.493 e. The highest BCUT2D eigenvalue weighted by Crippen LogP contribution is 2.34. The van der Waals surface area contributed by atoms with Crippen LogP contribution in [0.5, 0.6) is 23.1 Å². The molecule has 0 aliphatic rings. The number of ether oxygens (including phenoxy) is 3. The standard InChI is InChI=1S/C24H24N6O4/c1-15-12-16(2)30(29-15)21-13-22(26-14-25-21)34-18-10-8-17(9-11-18)27-24(31)28-19-6-5-7-20(32-3)23(19)33-4/h5-14H,1-4H3,(H2,27,28,31). The van der Waals surface area contributed by atoms with Gasteiger partial charge in [-0.25, -0.2) is 19.4 Å². The topological polar surface area (TPSA) is 112 Å². The number of hydrogen-bond donors (Lipinski definition) is 2. The van der Waals surface area contributed by atoms with Gasteiger partial charge in [-0.1, -0.05) is 6.07 Å². The molecule has 0 bridgehead atoms. The second-order valence-corrected chi connectivity index (χ2v) is 7.30. The molecule has 34 heavy (non-hydrogen) atoms. The summed E-state index contributed by atoms with van der Waals surface area (Å²) in [7, 11) is 3.05. The number of para-hydroxylation sites is 1. The minimum Gasteiger partial charge on any atom is -0.493 e. The molecular formula is C24H24N6O4. The molecule has 0 saturated heterocycles. The van der Waals surface area contributed by atoms with E-state index in [1.165, 1.54) is 20.5 Å². The van der Waals surface area contributed by atoms with Crippen molar-refractivity contribution in [3.05, 3.63) is 72.3 Å². The summed E-state index contributed by atoms with van der Waals surface area (Å²) in [5, 5.41) is 9.95. The van der Waals surface area contributed by atoms with Crippen LogP contribution in [0.15, 0.2) is 60.9 Å². The molecule has 2 aromatic carbocycles. The smallest absolute Gasteiger partial charge is 0.323 e. The van der Waals surface area contributed by atoms with Gasteiger partial charge in [0.05, 0.1) is 25.6 Å². The van der Waals surface area contributed by atoms with E-state index in [9.17, 15) is 4.79 Å². The molecular weight excluding hydrogens is 436 g/mol. The predicted octanol–water partition coefficient (Wildman–Crippen LogP) is 4.73. The minimum absolute atomic E-state index is 0.376. The molecule has 0 saturated carbocycles. The van der Waals surface area contributed by atoms with E-state index in [-0.39, 0.29) is 0 Å². The van der Waals surface area contributed by atoms with Gasteiger partial charge in [-0.2, -0.15) is 5.10 Å². The van der Waals surface area contributed by atoms with E-state index in [1.807, 2.05) is 19.9 Å². The fraction of sp³-hybridized carbons (Fsp3) is 0.167. The van der Waals surface area contributed by atoms with E-state index in [0.717, 1.165) is 11.4 Å². The van der Waals surface area contributed by atoms with Crippen LogP contribution in [-0.2, 0) is 0 Å². The summed E-state index contributed by atoms with van der Waals surface area (Å²) in [6.45, 7) is 3.88. The quantitative estimate of drug-likeness (QED) is 0.410. The molecule has 0 aliphatic carbocycles. The van der Waals surface area contributed by atoms with Crippen molar-refractivity contribution in [1.82, 2.24) is 19.7 Å². The lowest BCUT2D eigenvalue weighted by molar-refractivity contribution is 0.262. The van der Waals surface area contributed by atoms with Gasteiger partial charge in [-0.05, 0) is 56.3 Å². The van der Waals surface area contributed by atoms with E-state index in [0.29, 0.717) is 40.3 Å². The number of rotatable bonds is 7. The summed E-state index contributed by atoms with van der Waals surface area (Å²) in [5.74, 6) is 2.50. The van der Waals surface area contributed by atoms with Crippen molar-refractivity contribution in [3.63, 3.8) is 0 Å². The molecule has 4 rings (SSSR count). The fourth-order valence-corrected chi connectivity index (χ4v) is 3.36. The Kier molecular flexibility index (Phi) is 6.58. The average molecular weight is 460 g/mol. The van der Waals surface area contributed by atoms with Gasteiger partial charge in [-0.3, -0.25) is 0 Å². The molecule has 2 N–H and O–H groups in total. The van der Waals surface area contributed by atoms with Gasteiger partial charge in [0.25, 0.3) is 0 Å². The third kappa shape index (κ3) is 5.07. The SMILES string of the molecule is COc1cccc(NC(=O)Nc2ccc(Oc3cc(-n4nc(C)cc4C)ncn3)cc2)c1OC.